The van der Waals surface area contributed by atoms with Gasteiger partial charge in [-0.2, -0.15) is 0 Å². The summed E-state index contributed by atoms with van der Waals surface area (Å²) in [5.74, 6) is -0.791. The van der Waals surface area contributed by atoms with Gasteiger partial charge in [0, 0.05) is 13.1 Å². The summed E-state index contributed by atoms with van der Waals surface area (Å²) in [6.07, 6.45) is 0. The highest BCUT2D eigenvalue weighted by atomic mass is 35.5. The summed E-state index contributed by atoms with van der Waals surface area (Å²) in [6.45, 7) is 5.89. The summed E-state index contributed by atoms with van der Waals surface area (Å²) in [4.78, 5) is -0.167. The standard InChI is InChI=1S/C12H18ClFN2O2S/c1-12(2,3)7-16-19(17,18)9-4-8(6-15)11(13)10(14)5-9/h4-5,16H,6-7,15H2,1-3H3. The van der Waals surface area contributed by atoms with E-state index in [0.29, 0.717) is 0 Å². The van der Waals surface area contributed by atoms with Crippen molar-refractivity contribution in [1.29, 1.82) is 0 Å². The third-order valence-corrected chi connectivity index (χ3v) is 4.20. The smallest absolute Gasteiger partial charge is 0.240 e. The molecular formula is C12H18ClFN2O2S. The summed E-state index contributed by atoms with van der Waals surface area (Å²) in [6, 6.07) is 2.18. The zero-order valence-electron chi connectivity index (χ0n) is 11.1. The number of hydrogen-bond acceptors (Lipinski definition) is 3. The van der Waals surface area contributed by atoms with Crippen LogP contribution in [0.1, 0.15) is 26.3 Å². The monoisotopic (exact) mass is 308 g/mol. The second-order valence-electron chi connectivity index (χ2n) is 5.47. The van der Waals surface area contributed by atoms with E-state index in [9.17, 15) is 12.8 Å². The van der Waals surface area contributed by atoms with Crippen LogP contribution in [0, 0.1) is 11.2 Å². The van der Waals surface area contributed by atoms with Crippen molar-refractivity contribution >= 4 is 21.6 Å². The van der Waals surface area contributed by atoms with Gasteiger partial charge in [0.25, 0.3) is 0 Å². The van der Waals surface area contributed by atoms with Crippen LogP contribution < -0.4 is 10.5 Å². The minimum atomic E-state index is -3.77. The molecule has 0 aliphatic carbocycles. The lowest BCUT2D eigenvalue weighted by molar-refractivity contribution is 0.407. The maximum atomic E-state index is 13.6. The van der Waals surface area contributed by atoms with E-state index >= 15 is 0 Å². The molecule has 1 aromatic carbocycles. The fourth-order valence-electron chi connectivity index (χ4n) is 1.32. The van der Waals surface area contributed by atoms with Gasteiger partial charge in [0.2, 0.25) is 10.0 Å². The summed E-state index contributed by atoms with van der Waals surface area (Å²) in [7, 11) is -3.77. The summed E-state index contributed by atoms with van der Waals surface area (Å²) < 4.78 is 40.1. The normalized spacial score (nSPS) is 12.7. The third-order valence-electron chi connectivity index (χ3n) is 2.40. The molecule has 19 heavy (non-hydrogen) atoms. The second kappa shape index (κ2) is 5.75. The molecule has 0 aromatic heterocycles. The molecule has 3 N–H and O–H groups in total. The maximum Gasteiger partial charge on any atom is 0.240 e. The quantitative estimate of drug-likeness (QED) is 0.896. The Hall–Kier alpha value is -0.690. The van der Waals surface area contributed by atoms with Crippen LogP contribution in [-0.4, -0.2) is 15.0 Å². The Labute approximate surface area is 118 Å². The van der Waals surface area contributed by atoms with Crippen LogP contribution in [0.4, 0.5) is 4.39 Å². The van der Waals surface area contributed by atoms with Gasteiger partial charge in [-0.3, -0.25) is 0 Å². The van der Waals surface area contributed by atoms with E-state index in [1.54, 1.807) is 0 Å². The van der Waals surface area contributed by atoms with Crippen LogP contribution in [0.25, 0.3) is 0 Å². The van der Waals surface area contributed by atoms with Crippen LogP contribution in [-0.2, 0) is 16.6 Å². The first-order chi connectivity index (χ1) is 8.57. The van der Waals surface area contributed by atoms with Gasteiger partial charge in [-0.25, -0.2) is 17.5 Å². The van der Waals surface area contributed by atoms with Gasteiger partial charge < -0.3 is 5.73 Å². The highest BCUT2D eigenvalue weighted by Crippen LogP contribution is 2.24. The van der Waals surface area contributed by atoms with Crippen molar-refractivity contribution in [3.05, 3.63) is 28.5 Å². The number of rotatable bonds is 4. The van der Waals surface area contributed by atoms with E-state index in [1.165, 1.54) is 6.07 Å². The number of nitrogens with one attached hydrogen (secondary N) is 1. The second-order valence-corrected chi connectivity index (χ2v) is 7.61. The predicted molar refractivity (Wildman–Crippen MR) is 73.9 cm³/mol. The van der Waals surface area contributed by atoms with Crippen molar-refractivity contribution in [2.45, 2.75) is 32.2 Å². The molecule has 0 aliphatic rings. The molecule has 1 rings (SSSR count). The molecule has 1 aromatic rings. The van der Waals surface area contributed by atoms with Crippen LogP contribution in [0.3, 0.4) is 0 Å². The molecule has 108 valence electrons. The molecule has 0 aliphatic heterocycles. The van der Waals surface area contributed by atoms with Crippen molar-refractivity contribution in [1.82, 2.24) is 4.72 Å². The fraction of sp³-hybridized carbons (Fsp3) is 0.500. The van der Waals surface area contributed by atoms with Gasteiger partial charge in [-0.1, -0.05) is 32.4 Å². The molecule has 0 spiro atoms. The summed E-state index contributed by atoms with van der Waals surface area (Å²) >= 11 is 5.69. The first-order valence-corrected chi connectivity index (χ1v) is 7.60. The van der Waals surface area contributed by atoms with Gasteiger partial charge in [0.15, 0.2) is 0 Å². The van der Waals surface area contributed by atoms with Crippen molar-refractivity contribution in [2.75, 3.05) is 6.54 Å². The Bertz CT molecular complexity index is 568. The van der Waals surface area contributed by atoms with E-state index < -0.39 is 15.8 Å². The molecule has 0 radical (unpaired) electrons. The molecule has 0 saturated heterocycles. The van der Waals surface area contributed by atoms with Crippen molar-refractivity contribution < 1.29 is 12.8 Å². The molecule has 0 unspecified atom stereocenters. The fourth-order valence-corrected chi connectivity index (χ4v) is 2.85. The first-order valence-electron chi connectivity index (χ1n) is 5.74. The largest absolute Gasteiger partial charge is 0.326 e. The Morgan fingerprint density at radius 1 is 1.37 bits per heavy atom. The Morgan fingerprint density at radius 3 is 2.42 bits per heavy atom. The summed E-state index contributed by atoms with van der Waals surface area (Å²) in [5.41, 5.74) is 5.46. The Morgan fingerprint density at radius 2 is 1.95 bits per heavy atom. The lowest BCUT2D eigenvalue weighted by Crippen LogP contribution is -2.32. The molecule has 0 saturated carbocycles. The topological polar surface area (TPSA) is 72.2 Å². The van der Waals surface area contributed by atoms with Crippen LogP contribution in [0.5, 0.6) is 0 Å². The third kappa shape index (κ3) is 4.42. The number of benzene rings is 1. The van der Waals surface area contributed by atoms with Gasteiger partial charge in [0.05, 0.1) is 9.92 Å². The lowest BCUT2D eigenvalue weighted by Gasteiger charge is -2.19. The Kier molecular flexibility index (Phi) is 4.95. The van der Waals surface area contributed by atoms with E-state index in [1.807, 2.05) is 20.8 Å². The molecule has 0 atom stereocenters. The van der Waals surface area contributed by atoms with E-state index in [4.69, 9.17) is 17.3 Å². The molecule has 0 amide bonds. The van der Waals surface area contributed by atoms with Crippen LogP contribution in [0.2, 0.25) is 5.02 Å². The molecule has 0 fully saturated rings. The van der Waals surface area contributed by atoms with Crippen molar-refractivity contribution in [3.8, 4) is 0 Å². The average molecular weight is 309 g/mol. The van der Waals surface area contributed by atoms with Gasteiger partial charge >= 0.3 is 0 Å². The molecule has 0 bridgehead atoms. The first kappa shape index (κ1) is 16.4. The zero-order chi connectivity index (χ0) is 14.8. The van der Waals surface area contributed by atoms with Crippen LogP contribution >= 0.6 is 11.6 Å². The number of sulfonamides is 1. The molecule has 4 nitrogen and oxygen atoms in total. The highest BCUT2D eigenvalue weighted by molar-refractivity contribution is 7.89. The lowest BCUT2D eigenvalue weighted by atomic mass is 9.98. The van der Waals surface area contributed by atoms with E-state index in [-0.39, 0.29) is 34.0 Å². The van der Waals surface area contributed by atoms with Gasteiger partial charge in [0.1, 0.15) is 5.82 Å². The number of nitrogens with two attached hydrogens (primary N) is 1. The van der Waals surface area contributed by atoms with Gasteiger partial charge in [-0.15, -0.1) is 0 Å². The minimum Gasteiger partial charge on any atom is -0.326 e. The Balaban J connectivity index is 3.12. The van der Waals surface area contributed by atoms with E-state index in [0.717, 1.165) is 6.07 Å². The number of hydrogen-bond donors (Lipinski definition) is 2. The molecule has 7 heteroatoms. The maximum absolute atomic E-state index is 13.6. The van der Waals surface area contributed by atoms with E-state index in [2.05, 4.69) is 4.72 Å². The highest BCUT2D eigenvalue weighted by Gasteiger charge is 2.21. The van der Waals surface area contributed by atoms with Gasteiger partial charge in [-0.05, 0) is 23.1 Å². The molecule has 0 heterocycles. The average Bonchev–Trinajstić information content (AvgIpc) is 2.29. The predicted octanol–water partition coefficient (Wildman–Crippen LogP) is 2.26. The van der Waals surface area contributed by atoms with Crippen molar-refractivity contribution in [2.24, 2.45) is 11.1 Å². The SMILES string of the molecule is CC(C)(C)CNS(=O)(=O)c1cc(F)c(Cl)c(CN)c1. The molecular weight excluding hydrogens is 291 g/mol. The summed E-state index contributed by atoms with van der Waals surface area (Å²) in [5, 5.41) is -0.141. The van der Waals surface area contributed by atoms with Crippen molar-refractivity contribution in [3.63, 3.8) is 0 Å². The minimum absolute atomic E-state index is 0.0294. The van der Waals surface area contributed by atoms with Crippen LogP contribution in [0.15, 0.2) is 17.0 Å². The zero-order valence-corrected chi connectivity index (χ0v) is 12.7. The number of halogens is 2.